The van der Waals surface area contributed by atoms with Gasteiger partial charge >= 0.3 is 0 Å². The van der Waals surface area contributed by atoms with Crippen molar-refractivity contribution in [2.75, 3.05) is 20.8 Å². The SMILES string of the molecule is C=CCOc1ccc([C@H]2Oc3c(Cl)cc(Cl)cc3[C@@H]3CC(c4ccc(OC)c(OC)c4)=NN23)cc1. The summed E-state index contributed by atoms with van der Waals surface area (Å²) in [5, 5.41) is 8.00. The Hall–Kier alpha value is -3.35. The van der Waals surface area contributed by atoms with Crippen molar-refractivity contribution in [3.8, 4) is 23.0 Å². The van der Waals surface area contributed by atoms with Crippen molar-refractivity contribution in [3.63, 3.8) is 0 Å². The summed E-state index contributed by atoms with van der Waals surface area (Å²) in [6, 6.07) is 17.1. The van der Waals surface area contributed by atoms with Crippen LogP contribution in [0.4, 0.5) is 0 Å². The molecule has 6 nitrogen and oxygen atoms in total. The van der Waals surface area contributed by atoms with Gasteiger partial charge in [0.2, 0.25) is 6.23 Å². The predicted octanol–water partition coefficient (Wildman–Crippen LogP) is 6.82. The third-order valence-corrected chi connectivity index (χ3v) is 6.56. The third kappa shape index (κ3) is 4.40. The fourth-order valence-electron chi connectivity index (χ4n) is 4.41. The average Bonchev–Trinajstić information content (AvgIpc) is 3.33. The highest BCUT2D eigenvalue weighted by Gasteiger charge is 2.42. The summed E-state index contributed by atoms with van der Waals surface area (Å²) in [4.78, 5) is 0. The van der Waals surface area contributed by atoms with Gasteiger partial charge in [-0.25, -0.2) is 5.01 Å². The molecule has 2 heterocycles. The van der Waals surface area contributed by atoms with Crippen LogP contribution in [0.15, 0.2) is 72.4 Å². The molecule has 0 radical (unpaired) electrons. The Labute approximate surface area is 214 Å². The first-order chi connectivity index (χ1) is 17.0. The Kier molecular flexibility index (Phi) is 6.50. The van der Waals surface area contributed by atoms with Gasteiger partial charge < -0.3 is 18.9 Å². The largest absolute Gasteiger partial charge is 0.493 e. The minimum atomic E-state index is -0.475. The maximum atomic E-state index is 6.57. The van der Waals surface area contributed by atoms with E-state index in [2.05, 4.69) is 6.58 Å². The number of methoxy groups -OCH3 is 2. The Bertz CT molecular complexity index is 1290. The van der Waals surface area contributed by atoms with E-state index >= 15 is 0 Å². The molecule has 2 atom stereocenters. The minimum absolute atomic E-state index is 0.0975. The van der Waals surface area contributed by atoms with Crippen LogP contribution in [0, 0.1) is 0 Å². The van der Waals surface area contributed by atoms with Gasteiger partial charge in [-0.1, -0.05) is 35.9 Å². The molecule has 0 aliphatic carbocycles. The van der Waals surface area contributed by atoms with Crippen LogP contribution < -0.4 is 18.9 Å². The number of halogens is 2. The molecule has 180 valence electrons. The van der Waals surface area contributed by atoms with E-state index in [9.17, 15) is 0 Å². The number of hydrazone groups is 1. The summed E-state index contributed by atoms with van der Waals surface area (Å²) in [5.74, 6) is 2.68. The first-order valence-electron chi connectivity index (χ1n) is 11.1. The number of fused-ring (bicyclic) bond motifs is 3. The molecule has 8 heteroatoms. The second-order valence-corrected chi connectivity index (χ2v) is 9.00. The number of hydrogen-bond donors (Lipinski definition) is 0. The van der Waals surface area contributed by atoms with Gasteiger partial charge in [0.15, 0.2) is 11.5 Å². The van der Waals surface area contributed by atoms with Gasteiger partial charge in [0.1, 0.15) is 18.1 Å². The van der Waals surface area contributed by atoms with Crippen LogP contribution in [0.3, 0.4) is 0 Å². The Morgan fingerprint density at radius 2 is 1.83 bits per heavy atom. The smallest absolute Gasteiger partial charge is 0.213 e. The molecule has 35 heavy (non-hydrogen) atoms. The lowest BCUT2D eigenvalue weighted by Gasteiger charge is -2.38. The number of rotatable bonds is 7. The summed E-state index contributed by atoms with van der Waals surface area (Å²) in [6.07, 6.45) is 1.89. The van der Waals surface area contributed by atoms with Gasteiger partial charge in [0.05, 0.1) is 31.0 Å². The molecule has 0 saturated heterocycles. The molecule has 0 bridgehead atoms. The monoisotopic (exact) mass is 510 g/mol. The van der Waals surface area contributed by atoms with Gasteiger partial charge in [0.25, 0.3) is 0 Å². The zero-order valence-electron chi connectivity index (χ0n) is 19.3. The lowest BCUT2D eigenvalue weighted by molar-refractivity contribution is -0.0189. The van der Waals surface area contributed by atoms with Gasteiger partial charge in [0, 0.05) is 28.1 Å². The van der Waals surface area contributed by atoms with Crippen LogP contribution in [0.5, 0.6) is 23.0 Å². The number of benzene rings is 3. The molecule has 0 N–H and O–H groups in total. The zero-order valence-corrected chi connectivity index (χ0v) is 20.8. The highest BCUT2D eigenvalue weighted by Crippen LogP contribution is 2.51. The second-order valence-electron chi connectivity index (χ2n) is 8.16. The van der Waals surface area contributed by atoms with E-state index in [1.807, 2.05) is 53.5 Å². The first-order valence-corrected chi connectivity index (χ1v) is 11.9. The molecule has 0 amide bonds. The van der Waals surface area contributed by atoms with Crippen molar-refractivity contribution in [1.82, 2.24) is 5.01 Å². The van der Waals surface area contributed by atoms with E-state index in [0.717, 1.165) is 28.2 Å². The van der Waals surface area contributed by atoms with E-state index in [4.69, 9.17) is 47.3 Å². The molecule has 0 unspecified atom stereocenters. The Morgan fingerprint density at radius 3 is 2.54 bits per heavy atom. The van der Waals surface area contributed by atoms with Crippen LogP contribution in [0.25, 0.3) is 0 Å². The summed E-state index contributed by atoms with van der Waals surface area (Å²) < 4.78 is 23.0. The minimum Gasteiger partial charge on any atom is -0.493 e. The van der Waals surface area contributed by atoms with Crippen molar-refractivity contribution in [2.45, 2.75) is 18.7 Å². The molecule has 5 rings (SSSR count). The molecule has 2 aliphatic rings. The zero-order chi connectivity index (χ0) is 24.5. The molecule has 2 aliphatic heterocycles. The highest BCUT2D eigenvalue weighted by atomic mass is 35.5. The number of nitrogens with zero attached hydrogens (tertiary/aromatic N) is 2. The van der Waals surface area contributed by atoms with Gasteiger partial charge in [-0.3, -0.25) is 0 Å². The fraction of sp³-hybridized carbons (Fsp3) is 0.222. The van der Waals surface area contributed by atoms with Crippen LogP contribution >= 0.6 is 23.2 Å². The lowest BCUT2D eigenvalue weighted by Crippen LogP contribution is -2.33. The molecule has 0 fully saturated rings. The lowest BCUT2D eigenvalue weighted by atomic mass is 9.95. The van der Waals surface area contributed by atoms with Gasteiger partial charge in [-0.2, -0.15) is 5.10 Å². The van der Waals surface area contributed by atoms with Crippen LogP contribution in [0.1, 0.15) is 35.4 Å². The van der Waals surface area contributed by atoms with Gasteiger partial charge in [-0.15, -0.1) is 0 Å². The molecule has 0 spiro atoms. The van der Waals surface area contributed by atoms with Crippen LogP contribution in [0.2, 0.25) is 10.0 Å². The standard InChI is InChI=1S/C27H24Cl2N2O4/c1-4-11-34-19-8-5-16(6-9-19)27-31-23(20-13-18(28)14-21(29)26(20)35-27)15-22(30-31)17-7-10-24(32-2)25(12-17)33-3/h4-10,12-14,23,27H,1,11,15H2,2-3H3/t23-,27+/m0/s1. The fourth-order valence-corrected chi connectivity index (χ4v) is 4.96. The van der Waals surface area contributed by atoms with Crippen molar-refractivity contribution < 1.29 is 18.9 Å². The van der Waals surface area contributed by atoms with E-state index in [1.165, 1.54) is 0 Å². The summed E-state index contributed by atoms with van der Waals surface area (Å²) in [6.45, 7) is 4.13. The maximum absolute atomic E-state index is 6.57. The normalized spacial score (nSPS) is 18.2. The Balaban J connectivity index is 1.55. The molecule has 0 aromatic heterocycles. The van der Waals surface area contributed by atoms with E-state index in [1.54, 1.807) is 26.4 Å². The second kappa shape index (κ2) is 9.72. The number of ether oxygens (including phenoxy) is 4. The van der Waals surface area contributed by atoms with E-state index in [-0.39, 0.29) is 6.04 Å². The topological polar surface area (TPSA) is 52.5 Å². The highest BCUT2D eigenvalue weighted by molar-refractivity contribution is 6.35. The van der Waals surface area contributed by atoms with Crippen molar-refractivity contribution in [3.05, 3.63) is 94.0 Å². The quantitative estimate of drug-likeness (QED) is 0.326. The van der Waals surface area contributed by atoms with Gasteiger partial charge in [-0.05, 0) is 54.6 Å². The molecule has 0 saturated carbocycles. The van der Waals surface area contributed by atoms with E-state index in [0.29, 0.717) is 40.3 Å². The molecule has 3 aromatic carbocycles. The third-order valence-electron chi connectivity index (χ3n) is 6.06. The van der Waals surface area contributed by atoms with Crippen molar-refractivity contribution >= 4 is 28.9 Å². The first kappa shape index (κ1) is 23.4. The molecule has 3 aromatic rings. The molecular weight excluding hydrogens is 487 g/mol. The van der Waals surface area contributed by atoms with Crippen molar-refractivity contribution in [1.29, 1.82) is 0 Å². The van der Waals surface area contributed by atoms with Crippen LogP contribution in [-0.4, -0.2) is 31.5 Å². The van der Waals surface area contributed by atoms with Crippen LogP contribution in [-0.2, 0) is 0 Å². The summed E-state index contributed by atoms with van der Waals surface area (Å²) in [5.41, 5.74) is 3.68. The average molecular weight is 511 g/mol. The maximum Gasteiger partial charge on any atom is 0.213 e. The van der Waals surface area contributed by atoms with Crippen molar-refractivity contribution in [2.24, 2.45) is 5.10 Å². The predicted molar refractivity (Wildman–Crippen MR) is 137 cm³/mol. The summed E-state index contributed by atoms with van der Waals surface area (Å²) in [7, 11) is 3.23. The molecular formula is C27H24Cl2N2O4. The number of hydrogen-bond acceptors (Lipinski definition) is 6. The van der Waals surface area contributed by atoms with E-state index < -0.39 is 6.23 Å². The Morgan fingerprint density at radius 1 is 1.06 bits per heavy atom. The summed E-state index contributed by atoms with van der Waals surface area (Å²) >= 11 is 12.9.